The topological polar surface area (TPSA) is 44.5 Å². The summed E-state index contributed by atoms with van der Waals surface area (Å²) < 4.78 is 10.4. The van der Waals surface area contributed by atoms with E-state index < -0.39 is 0 Å². The summed E-state index contributed by atoms with van der Waals surface area (Å²) in [6.07, 6.45) is 1.74. The molecule has 1 unspecified atom stereocenters. The SMILES string of the molecule is C=C(CC)CC(N)c1cc(OC)cc(OC)c1. The third kappa shape index (κ3) is 3.79. The van der Waals surface area contributed by atoms with E-state index in [0.29, 0.717) is 0 Å². The van der Waals surface area contributed by atoms with Gasteiger partial charge in [0.15, 0.2) is 0 Å². The lowest BCUT2D eigenvalue weighted by molar-refractivity contribution is 0.392. The van der Waals surface area contributed by atoms with Crippen LogP contribution in [0.4, 0.5) is 0 Å². The van der Waals surface area contributed by atoms with E-state index in [4.69, 9.17) is 15.2 Å². The van der Waals surface area contributed by atoms with Gasteiger partial charge in [0.2, 0.25) is 0 Å². The van der Waals surface area contributed by atoms with Crippen LogP contribution in [0.25, 0.3) is 0 Å². The van der Waals surface area contributed by atoms with Crippen molar-refractivity contribution in [2.45, 2.75) is 25.8 Å². The van der Waals surface area contributed by atoms with E-state index in [-0.39, 0.29) is 6.04 Å². The van der Waals surface area contributed by atoms with Crippen LogP contribution in [0.15, 0.2) is 30.4 Å². The normalized spacial score (nSPS) is 12.0. The van der Waals surface area contributed by atoms with Crippen LogP contribution in [0.1, 0.15) is 31.4 Å². The van der Waals surface area contributed by atoms with E-state index in [1.807, 2.05) is 18.2 Å². The van der Waals surface area contributed by atoms with E-state index in [1.54, 1.807) is 14.2 Å². The van der Waals surface area contributed by atoms with Crippen LogP contribution in [0.2, 0.25) is 0 Å². The van der Waals surface area contributed by atoms with Crippen molar-refractivity contribution >= 4 is 0 Å². The van der Waals surface area contributed by atoms with Crippen molar-refractivity contribution in [1.82, 2.24) is 0 Å². The lowest BCUT2D eigenvalue weighted by Gasteiger charge is -2.15. The van der Waals surface area contributed by atoms with Gasteiger partial charge in [0.05, 0.1) is 14.2 Å². The molecule has 1 aromatic carbocycles. The van der Waals surface area contributed by atoms with Crippen LogP contribution in [0.3, 0.4) is 0 Å². The Hall–Kier alpha value is -1.48. The van der Waals surface area contributed by atoms with Crippen molar-refractivity contribution in [3.63, 3.8) is 0 Å². The van der Waals surface area contributed by atoms with E-state index in [9.17, 15) is 0 Å². The number of hydrogen-bond acceptors (Lipinski definition) is 3. The molecule has 0 radical (unpaired) electrons. The zero-order valence-corrected chi connectivity index (χ0v) is 10.8. The van der Waals surface area contributed by atoms with Gasteiger partial charge in [0.25, 0.3) is 0 Å². The van der Waals surface area contributed by atoms with Crippen LogP contribution < -0.4 is 15.2 Å². The van der Waals surface area contributed by atoms with Crippen LogP contribution >= 0.6 is 0 Å². The van der Waals surface area contributed by atoms with Crippen LogP contribution in [-0.2, 0) is 0 Å². The maximum Gasteiger partial charge on any atom is 0.122 e. The summed E-state index contributed by atoms with van der Waals surface area (Å²) >= 11 is 0. The van der Waals surface area contributed by atoms with Crippen molar-refractivity contribution in [1.29, 1.82) is 0 Å². The predicted octanol–water partition coefficient (Wildman–Crippen LogP) is 3.06. The van der Waals surface area contributed by atoms with E-state index >= 15 is 0 Å². The summed E-state index contributed by atoms with van der Waals surface area (Å²) in [7, 11) is 3.27. The molecule has 1 atom stereocenters. The van der Waals surface area contributed by atoms with Crippen molar-refractivity contribution in [2.75, 3.05) is 14.2 Å². The maximum atomic E-state index is 6.15. The summed E-state index contributed by atoms with van der Waals surface area (Å²) in [5, 5.41) is 0. The monoisotopic (exact) mass is 235 g/mol. The third-order valence-corrected chi connectivity index (χ3v) is 2.81. The highest BCUT2D eigenvalue weighted by atomic mass is 16.5. The van der Waals surface area contributed by atoms with Gasteiger partial charge in [0, 0.05) is 12.1 Å². The smallest absolute Gasteiger partial charge is 0.122 e. The van der Waals surface area contributed by atoms with Gasteiger partial charge in [0.1, 0.15) is 11.5 Å². The molecule has 17 heavy (non-hydrogen) atoms. The fourth-order valence-corrected chi connectivity index (χ4v) is 1.62. The number of benzene rings is 1. The first kappa shape index (κ1) is 13.6. The number of methoxy groups -OCH3 is 2. The van der Waals surface area contributed by atoms with Gasteiger partial charge in [-0.15, -0.1) is 0 Å². The zero-order chi connectivity index (χ0) is 12.8. The second-order valence-electron chi connectivity index (χ2n) is 4.06. The molecule has 0 amide bonds. The Bertz CT molecular complexity index is 366. The molecule has 0 saturated carbocycles. The summed E-state index contributed by atoms with van der Waals surface area (Å²) in [5.41, 5.74) is 8.31. The van der Waals surface area contributed by atoms with Gasteiger partial charge < -0.3 is 15.2 Å². The molecule has 1 aromatic rings. The quantitative estimate of drug-likeness (QED) is 0.771. The van der Waals surface area contributed by atoms with Gasteiger partial charge in [-0.25, -0.2) is 0 Å². The Balaban J connectivity index is 2.91. The fourth-order valence-electron chi connectivity index (χ4n) is 1.62. The number of hydrogen-bond donors (Lipinski definition) is 1. The average molecular weight is 235 g/mol. The Morgan fingerprint density at radius 3 is 2.18 bits per heavy atom. The fraction of sp³-hybridized carbons (Fsp3) is 0.429. The molecule has 0 bridgehead atoms. The molecule has 0 aliphatic rings. The maximum absolute atomic E-state index is 6.15. The molecular weight excluding hydrogens is 214 g/mol. The second-order valence-corrected chi connectivity index (χ2v) is 4.06. The first-order valence-corrected chi connectivity index (χ1v) is 5.75. The van der Waals surface area contributed by atoms with Crippen LogP contribution in [0.5, 0.6) is 11.5 Å². The van der Waals surface area contributed by atoms with Crippen LogP contribution in [-0.4, -0.2) is 14.2 Å². The first-order chi connectivity index (χ1) is 8.10. The minimum atomic E-state index is -0.0635. The minimum Gasteiger partial charge on any atom is -0.497 e. The van der Waals surface area contributed by atoms with Gasteiger partial charge in [-0.05, 0) is 30.5 Å². The van der Waals surface area contributed by atoms with Gasteiger partial charge in [-0.3, -0.25) is 0 Å². The molecule has 0 heterocycles. The summed E-state index contributed by atoms with van der Waals surface area (Å²) in [5.74, 6) is 1.52. The van der Waals surface area contributed by atoms with Crippen molar-refractivity contribution in [2.24, 2.45) is 5.73 Å². The molecule has 0 aromatic heterocycles. The molecule has 0 spiro atoms. The van der Waals surface area contributed by atoms with E-state index in [1.165, 1.54) is 0 Å². The van der Waals surface area contributed by atoms with Crippen molar-refractivity contribution < 1.29 is 9.47 Å². The second kappa shape index (κ2) is 6.30. The molecule has 0 aliphatic carbocycles. The van der Waals surface area contributed by atoms with Gasteiger partial charge in [-0.2, -0.15) is 0 Å². The Morgan fingerprint density at radius 2 is 1.76 bits per heavy atom. The Labute approximate surface area is 103 Å². The Morgan fingerprint density at radius 1 is 1.24 bits per heavy atom. The molecule has 0 fully saturated rings. The molecule has 3 nitrogen and oxygen atoms in total. The molecule has 94 valence electrons. The first-order valence-electron chi connectivity index (χ1n) is 5.75. The van der Waals surface area contributed by atoms with Crippen molar-refractivity contribution in [3.05, 3.63) is 35.9 Å². The average Bonchev–Trinajstić information content (AvgIpc) is 2.37. The molecule has 0 aliphatic heterocycles. The Kier molecular flexibility index (Phi) is 5.04. The van der Waals surface area contributed by atoms with Crippen molar-refractivity contribution in [3.8, 4) is 11.5 Å². The minimum absolute atomic E-state index is 0.0635. The van der Waals surface area contributed by atoms with Crippen LogP contribution in [0, 0.1) is 0 Å². The highest BCUT2D eigenvalue weighted by Gasteiger charge is 2.10. The van der Waals surface area contributed by atoms with Gasteiger partial charge in [-0.1, -0.05) is 19.1 Å². The number of ether oxygens (including phenoxy) is 2. The summed E-state index contributed by atoms with van der Waals surface area (Å²) in [4.78, 5) is 0. The highest BCUT2D eigenvalue weighted by molar-refractivity contribution is 5.40. The lowest BCUT2D eigenvalue weighted by atomic mass is 9.99. The molecule has 2 N–H and O–H groups in total. The van der Waals surface area contributed by atoms with E-state index in [0.717, 1.165) is 35.5 Å². The highest BCUT2D eigenvalue weighted by Crippen LogP contribution is 2.28. The molecular formula is C14H21NO2. The number of nitrogens with two attached hydrogens (primary N) is 1. The number of rotatable bonds is 6. The summed E-state index contributed by atoms with van der Waals surface area (Å²) in [6, 6.07) is 5.66. The van der Waals surface area contributed by atoms with E-state index in [2.05, 4.69) is 13.5 Å². The molecule has 3 heteroatoms. The lowest BCUT2D eigenvalue weighted by Crippen LogP contribution is -2.11. The molecule has 0 saturated heterocycles. The summed E-state index contributed by atoms with van der Waals surface area (Å²) in [6.45, 7) is 6.07. The predicted molar refractivity (Wildman–Crippen MR) is 70.5 cm³/mol. The standard InChI is InChI=1S/C14H21NO2/c1-5-10(2)6-14(15)11-7-12(16-3)9-13(8-11)17-4/h7-9,14H,2,5-6,15H2,1,3-4H3. The third-order valence-electron chi connectivity index (χ3n) is 2.81. The zero-order valence-electron chi connectivity index (χ0n) is 10.8. The molecule has 1 rings (SSSR count). The van der Waals surface area contributed by atoms with Gasteiger partial charge >= 0.3 is 0 Å². The largest absolute Gasteiger partial charge is 0.497 e.